The lowest BCUT2D eigenvalue weighted by molar-refractivity contribution is 0.739. The Kier molecular flexibility index (Phi) is 9.87. The Morgan fingerprint density at radius 1 is 0.381 bits per heavy atom. The Morgan fingerprint density at radius 3 is 1.49 bits per heavy atom. The molecule has 0 aliphatic heterocycles. The summed E-state index contributed by atoms with van der Waals surface area (Å²) < 4.78 is 0. The van der Waals surface area contributed by atoms with E-state index in [1.807, 2.05) is 0 Å². The quantitative estimate of drug-likeness (QED) is 0.140. The molecule has 300 valence electrons. The number of benzene rings is 9. The molecule has 0 heterocycles. The Labute approximate surface area is 371 Å². The van der Waals surface area contributed by atoms with Crippen LogP contribution in [0, 0.1) is 5.92 Å². The Balaban J connectivity index is 1.15. The first kappa shape index (κ1) is 38.2. The van der Waals surface area contributed by atoms with Crippen molar-refractivity contribution < 1.29 is 0 Å². The van der Waals surface area contributed by atoms with Gasteiger partial charge in [0.2, 0.25) is 0 Å². The summed E-state index contributed by atoms with van der Waals surface area (Å²) in [6.45, 7) is 2.30. The van der Waals surface area contributed by atoms with Gasteiger partial charge in [-0.1, -0.05) is 219 Å². The van der Waals surface area contributed by atoms with Gasteiger partial charge in [0.15, 0.2) is 0 Å². The second-order valence-electron chi connectivity index (χ2n) is 16.9. The SMILES string of the molecule is CC1C=CC(c2cc(N(c3ccc(-c4ccccc4)cc3)c3ccc4c(c3)C(c3ccccc3)(c3ccccc3)c3ccccc3-4)ccc2-c2ccccc2-c2ccccc2)=CC1. The third kappa shape index (κ3) is 6.74. The maximum absolute atomic E-state index is 2.47. The molecule has 0 bridgehead atoms. The highest BCUT2D eigenvalue weighted by Crippen LogP contribution is 2.57. The molecule has 2 aliphatic carbocycles. The van der Waals surface area contributed by atoms with Gasteiger partial charge in [0.05, 0.1) is 5.41 Å². The molecule has 0 aromatic heterocycles. The summed E-state index contributed by atoms with van der Waals surface area (Å²) in [5.41, 5.74) is 20.2. The van der Waals surface area contributed by atoms with Gasteiger partial charge in [0.1, 0.15) is 0 Å². The summed E-state index contributed by atoms with van der Waals surface area (Å²) in [7, 11) is 0. The summed E-state index contributed by atoms with van der Waals surface area (Å²) in [4.78, 5) is 2.46. The van der Waals surface area contributed by atoms with Gasteiger partial charge in [0.25, 0.3) is 0 Å². The van der Waals surface area contributed by atoms with Gasteiger partial charge in [-0.3, -0.25) is 0 Å². The average molecular weight is 806 g/mol. The molecule has 2 aliphatic rings. The maximum atomic E-state index is 2.47. The molecule has 1 unspecified atom stereocenters. The molecule has 0 radical (unpaired) electrons. The molecule has 0 saturated heterocycles. The van der Waals surface area contributed by atoms with E-state index in [4.69, 9.17) is 0 Å². The van der Waals surface area contributed by atoms with Crippen LogP contribution in [0.3, 0.4) is 0 Å². The van der Waals surface area contributed by atoms with E-state index < -0.39 is 5.41 Å². The lowest BCUT2D eigenvalue weighted by Crippen LogP contribution is -2.28. The maximum Gasteiger partial charge on any atom is 0.0714 e. The van der Waals surface area contributed by atoms with Crippen molar-refractivity contribution in [3.8, 4) is 44.5 Å². The number of fused-ring (bicyclic) bond motifs is 3. The summed E-state index contributed by atoms with van der Waals surface area (Å²) in [5.74, 6) is 0.502. The normalized spacial score (nSPS) is 14.7. The zero-order valence-corrected chi connectivity index (χ0v) is 35.4. The van der Waals surface area contributed by atoms with Crippen LogP contribution >= 0.6 is 0 Å². The van der Waals surface area contributed by atoms with Gasteiger partial charge < -0.3 is 4.90 Å². The highest BCUT2D eigenvalue weighted by atomic mass is 15.1. The van der Waals surface area contributed by atoms with E-state index in [0.717, 1.165) is 23.5 Å². The average Bonchev–Trinajstić information content (AvgIpc) is 3.66. The molecule has 9 aromatic carbocycles. The molecule has 1 nitrogen and oxygen atoms in total. The van der Waals surface area contributed by atoms with Crippen molar-refractivity contribution in [2.75, 3.05) is 4.90 Å². The van der Waals surface area contributed by atoms with Crippen LogP contribution in [0.4, 0.5) is 17.1 Å². The minimum absolute atomic E-state index is 0.502. The lowest BCUT2D eigenvalue weighted by atomic mass is 9.67. The van der Waals surface area contributed by atoms with Crippen LogP contribution in [0.1, 0.15) is 41.2 Å². The number of nitrogens with zero attached hydrogens (tertiary/aromatic N) is 1. The molecule has 63 heavy (non-hydrogen) atoms. The first-order chi connectivity index (χ1) is 31.2. The van der Waals surface area contributed by atoms with Gasteiger partial charge >= 0.3 is 0 Å². The fourth-order valence-corrected chi connectivity index (χ4v) is 10.1. The van der Waals surface area contributed by atoms with Gasteiger partial charge in [-0.05, 0) is 127 Å². The van der Waals surface area contributed by atoms with Crippen LogP contribution in [0.25, 0.3) is 50.1 Å². The number of rotatable bonds is 9. The minimum atomic E-state index is -0.516. The zero-order valence-electron chi connectivity index (χ0n) is 35.4. The first-order valence-electron chi connectivity index (χ1n) is 22.2. The second-order valence-corrected chi connectivity index (χ2v) is 16.9. The molecule has 1 atom stereocenters. The lowest BCUT2D eigenvalue weighted by Gasteiger charge is -2.35. The smallest absolute Gasteiger partial charge is 0.0714 e. The van der Waals surface area contributed by atoms with E-state index in [0.29, 0.717) is 5.92 Å². The molecule has 0 spiro atoms. The van der Waals surface area contributed by atoms with E-state index in [2.05, 4.69) is 261 Å². The van der Waals surface area contributed by atoms with Crippen molar-refractivity contribution in [1.29, 1.82) is 0 Å². The second kappa shape index (κ2) is 16.3. The highest BCUT2D eigenvalue weighted by molar-refractivity contribution is 5.95. The molecule has 9 aromatic rings. The zero-order chi connectivity index (χ0) is 42.2. The van der Waals surface area contributed by atoms with Crippen molar-refractivity contribution >= 4 is 22.6 Å². The van der Waals surface area contributed by atoms with Crippen molar-refractivity contribution in [2.45, 2.75) is 18.8 Å². The van der Waals surface area contributed by atoms with Crippen molar-refractivity contribution in [3.05, 3.63) is 277 Å². The Hall–Kier alpha value is -7.74. The third-order valence-electron chi connectivity index (χ3n) is 13.1. The van der Waals surface area contributed by atoms with Crippen LogP contribution in [0.2, 0.25) is 0 Å². The van der Waals surface area contributed by atoms with Crippen LogP contribution < -0.4 is 4.90 Å². The summed E-state index contributed by atoms with van der Waals surface area (Å²) in [6.07, 6.45) is 8.13. The third-order valence-corrected chi connectivity index (χ3v) is 13.1. The van der Waals surface area contributed by atoms with Crippen LogP contribution in [0.5, 0.6) is 0 Å². The van der Waals surface area contributed by atoms with E-state index in [-0.39, 0.29) is 0 Å². The largest absolute Gasteiger partial charge is 0.310 e. The first-order valence-corrected chi connectivity index (χ1v) is 22.2. The van der Waals surface area contributed by atoms with Gasteiger partial charge in [-0.2, -0.15) is 0 Å². The topological polar surface area (TPSA) is 3.24 Å². The molecule has 0 saturated carbocycles. The number of hydrogen-bond donors (Lipinski definition) is 0. The molecule has 1 heteroatoms. The predicted octanol–water partition coefficient (Wildman–Crippen LogP) is 16.5. The fraction of sp³-hybridized carbons (Fsp3) is 0.0645. The van der Waals surface area contributed by atoms with E-state index >= 15 is 0 Å². The predicted molar refractivity (Wildman–Crippen MR) is 266 cm³/mol. The van der Waals surface area contributed by atoms with E-state index in [1.54, 1.807) is 0 Å². The van der Waals surface area contributed by atoms with Crippen LogP contribution in [0.15, 0.2) is 249 Å². The molecule has 0 fully saturated rings. The van der Waals surface area contributed by atoms with Crippen molar-refractivity contribution in [2.24, 2.45) is 5.92 Å². The highest BCUT2D eigenvalue weighted by Gasteiger charge is 2.46. The monoisotopic (exact) mass is 805 g/mol. The summed E-state index contributed by atoms with van der Waals surface area (Å²) in [6, 6.07) is 84.8. The van der Waals surface area contributed by atoms with Crippen molar-refractivity contribution in [1.82, 2.24) is 0 Å². The summed E-state index contributed by atoms with van der Waals surface area (Å²) in [5, 5.41) is 0. The van der Waals surface area contributed by atoms with E-state index in [9.17, 15) is 0 Å². The molecule has 11 rings (SSSR count). The standard InChI is InChI=1S/C62H47N/c1-44-30-32-48(33-31-44)59-42-52(38-40-56(59)55-27-15-14-26-54(55)47-20-8-3-9-21-47)63(51-36-34-46(35-37-51)45-18-6-2-7-19-45)53-39-41-58-57-28-16-17-29-60(57)62(61(58)43-53,49-22-10-4-11-23-49)50-24-12-5-13-25-50/h2-30,32-44H,31H2,1H3. The number of anilines is 3. The molecule has 0 N–H and O–H groups in total. The Bertz CT molecular complexity index is 3090. The minimum Gasteiger partial charge on any atom is -0.310 e. The number of hydrogen-bond acceptors (Lipinski definition) is 1. The van der Waals surface area contributed by atoms with E-state index in [1.165, 1.54) is 77.9 Å². The fourth-order valence-electron chi connectivity index (χ4n) is 10.1. The molecular weight excluding hydrogens is 759 g/mol. The van der Waals surface area contributed by atoms with Crippen LogP contribution in [-0.4, -0.2) is 0 Å². The van der Waals surface area contributed by atoms with Gasteiger partial charge in [-0.25, -0.2) is 0 Å². The number of allylic oxidation sites excluding steroid dienone is 4. The van der Waals surface area contributed by atoms with Gasteiger partial charge in [0, 0.05) is 17.1 Å². The summed E-state index contributed by atoms with van der Waals surface area (Å²) >= 11 is 0. The van der Waals surface area contributed by atoms with Crippen molar-refractivity contribution in [3.63, 3.8) is 0 Å². The molecular formula is C62H47N. The van der Waals surface area contributed by atoms with Crippen LogP contribution in [-0.2, 0) is 5.41 Å². The van der Waals surface area contributed by atoms with Gasteiger partial charge in [-0.15, -0.1) is 0 Å². The molecule has 0 amide bonds. The Morgan fingerprint density at radius 2 is 0.857 bits per heavy atom.